The van der Waals surface area contributed by atoms with Crippen molar-refractivity contribution in [3.05, 3.63) is 54.1 Å². The van der Waals surface area contributed by atoms with Crippen molar-refractivity contribution in [2.75, 3.05) is 17.3 Å². The molecular weight excluding hydrogens is 377 g/mol. The number of imidazole rings is 1. The fourth-order valence-corrected chi connectivity index (χ4v) is 3.32. The van der Waals surface area contributed by atoms with Gasteiger partial charge in [0.1, 0.15) is 11.3 Å². The molecule has 2 heterocycles. The number of nitrogens with zero attached hydrogens (tertiary/aromatic N) is 5. The molecule has 3 N–H and O–H groups in total. The van der Waals surface area contributed by atoms with E-state index in [1.165, 1.54) is 6.07 Å². The van der Waals surface area contributed by atoms with Crippen molar-refractivity contribution in [2.45, 2.75) is 18.2 Å². The Hall–Kier alpha value is -3.20. The highest BCUT2D eigenvalue weighted by molar-refractivity contribution is 7.98. The van der Waals surface area contributed by atoms with Gasteiger partial charge in [0.2, 0.25) is 17.8 Å². The average Bonchev–Trinajstić information content (AvgIpc) is 3.08. The molecule has 4 rings (SSSR count). The largest absolute Gasteiger partial charge is 0.368 e. The van der Waals surface area contributed by atoms with E-state index in [1.54, 1.807) is 28.5 Å². The minimum absolute atomic E-state index is 0.0635. The topological polar surface area (TPSA) is 94.5 Å². The summed E-state index contributed by atoms with van der Waals surface area (Å²) in [6.07, 6.45) is 2.60. The molecule has 0 spiro atoms. The van der Waals surface area contributed by atoms with Gasteiger partial charge < -0.3 is 11.1 Å². The summed E-state index contributed by atoms with van der Waals surface area (Å²) in [7, 11) is 0. The number of para-hydroxylation sites is 1. The first-order chi connectivity index (χ1) is 13.6. The zero-order chi connectivity index (χ0) is 19.7. The van der Waals surface area contributed by atoms with Gasteiger partial charge in [0.25, 0.3) is 0 Å². The van der Waals surface area contributed by atoms with Crippen LogP contribution in [-0.2, 0) is 6.42 Å². The van der Waals surface area contributed by atoms with E-state index in [9.17, 15) is 4.39 Å². The molecule has 0 bridgehead atoms. The van der Waals surface area contributed by atoms with Crippen molar-refractivity contribution in [2.24, 2.45) is 0 Å². The van der Waals surface area contributed by atoms with E-state index < -0.39 is 0 Å². The summed E-state index contributed by atoms with van der Waals surface area (Å²) >= 11 is 1.66. The molecule has 0 fully saturated rings. The Balaban J connectivity index is 1.79. The van der Waals surface area contributed by atoms with Gasteiger partial charge in [-0.25, -0.2) is 9.37 Å². The molecule has 0 unspecified atom stereocenters. The summed E-state index contributed by atoms with van der Waals surface area (Å²) < 4.78 is 15.9. The van der Waals surface area contributed by atoms with E-state index in [4.69, 9.17) is 5.73 Å². The van der Waals surface area contributed by atoms with Gasteiger partial charge >= 0.3 is 0 Å². The van der Waals surface area contributed by atoms with E-state index >= 15 is 0 Å². The first kappa shape index (κ1) is 18.2. The van der Waals surface area contributed by atoms with Crippen LogP contribution in [0.2, 0.25) is 0 Å². The van der Waals surface area contributed by atoms with Gasteiger partial charge in [0, 0.05) is 17.0 Å². The average molecular weight is 395 g/mol. The second kappa shape index (κ2) is 7.43. The lowest BCUT2D eigenvalue weighted by Crippen LogP contribution is -2.11. The molecule has 28 heavy (non-hydrogen) atoms. The monoisotopic (exact) mass is 395 g/mol. The maximum atomic E-state index is 14.2. The SMILES string of the molecule is CCc1nc2c(F)cccc2n1-c1nc(N)nc(Nc2ccc(SC)cc2)n1. The van der Waals surface area contributed by atoms with Crippen LogP contribution in [0.3, 0.4) is 0 Å². The lowest BCUT2D eigenvalue weighted by molar-refractivity contribution is 0.637. The van der Waals surface area contributed by atoms with Crippen molar-refractivity contribution < 1.29 is 4.39 Å². The number of hydrogen-bond donors (Lipinski definition) is 2. The molecule has 2 aromatic carbocycles. The zero-order valence-corrected chi connectivity index (χ0v) is 16.2. The summed E-state index contributed by atoms with van der Waals surface area (Å²) in [4.78, 5) is 18.4. The van der Waals surface area contributed by atoms with Gasteiger partial charge in [-0.15, -0.1) is 11.8 Å². The number of thioether (sulfide) groups is 1. The third-order valence-electron chi connectivity index (χ3n) is 4.21. The van der Waals surface area contributed by atoms with Gasteiger partial charge in [-0.3, -0.25) is 4.57 Å². The standard InChI is InChI=1S/C19H18FN7S/c1-3-15-23-16-13(20)5-4-6-14(16)27(15)19-25-17(21)24-18(26-19)22-11-7-9-12(28-2)10-8-11/h4-10H,3H2,1-2H3,(H3,21,22,24,25,26). The fourth-order valence-electron chi connectivity index (χ4n) is 2.91. The molecular formula is C19H18FN7S. The van der Waals surface area contributed by atoms with Crippen LogP contribution in [0.25, 0.3) is 17.0 Å². The molecule has 0 amide bonds. The van der Waals surface area contributed by atoms with Gasteiger partial charge in [-0.2, -0.15) is 15.0 Å². The fraction of sp³-hybridized carbons (Fsp3) is 0.158. The van der Waals surface area contributed by atoms with Crippen molar-refractivity contribution in [1.29, 1.82) is 0 Å². The first-order valence-corrected chi connectivity index (χ1v) is 9.90. The smallest absolute Gasteiger partial charge is 0.242 e. The number of hydrogen-bond acceptors (Lipinski definition) is 7. The Labute approximate surface area is 165 Å². The predicted octanol–water partition coefficient (Wildman–Crippen LogP) is 3.96. The van der Waals surface area contributed by atoms with Crippen LogP contribution in [0.15, 0.2) is 47.4 Å². The highest BCUT2D eigenvalue weighted by Gasteiger charge is 2.17. The molecule has 2 aromatic heterocycles. The summed E-state index contributed by atoms with van der Waals surface area (Å²) in [5, 5.41) is 3.14. The van der Waals surface area contributed by atoms with Gasteiger partial charge in [0.15, 0.2) is 5.82 Å². The number of aromatic nitrogens is 5. The highest BCUT2D eigenvalue weighted by Crippen LogP contribution is 2.24. The molecule has 0 aliphatic rings. The third kappa shape index (κ3) is 3.36. The van der Waals surface area contributed by atoms with Gasteiger partial charge in [-0.1, -0.05) is 13.0 Å². The summed E-state index contributed by atoms with van der Waals surface area (Å²) in [5.74, 6) is 0.912. The van der Waals surface area contributed by atoms with Crippen molar-refractivity contribution >= 4 is 40.4 Å². The van der Waals surface area contributed by atoms with E-state index in [0.29, 0.717) is 29.7 Å². The van der Waals surface area contributed by atoms with Gasteiger partial charge in [0.05, 0.1) is 5.52 Å². The number of aryl methyl sites for hydroxylation is 1. The lowest BCUT2D eigenvalue weighted by atomic mass is 10.3. The molecule has 9 heteroatoms. The number of halogens is 1. The molecule has 0 atom stereocenters. The molecule has 142 valence electrons. The number of nitrogens with one attached hydrogen (secondary N) is 1. The molecule has 0 saturated heterocycles. The second-order valence-electron chi connectivity index (χ2n) is 6.00. The number of nitrogen functional groups attached to an aromatic ring is 1. The Morgan fingerprint density at radius 1 is 1.07 bits per heavy atom. The van der Waals surface area contributed by atoms with Crippen LogP contribution in [0.1, 0.15) is 12.7 Å². The zero-order valence-electron chi connectivity index (χ0n) is 15.3. The molecule has 0 radical (unpaired) electrons. The Morgan fingerprint density at radius 2 is 1.86 bits per heavy atom. The van der Waals surface area contributed by atoms with E-state index in [2.05, 4.69) is 25.3 Å². The van der Waals surface area contributed by atoms with Crippen molar-refractivity contribution in [3.8, 4) is 5.95 Å². The predicted molar refractivity (Wildman–Crippen MR) is 110 cm³/mol. The summed E-state index contributed by atoms with van der Waals surface area (Å²) in [6.45, 7) is 1.94. The number of anilines is 3. The maximum Gasteiger partial charge on any atom is 0.242 e. The summed E-state index contributed by atoms with van der Waals surface area (Å²) in [5.41, 5.74) is 7.60. The van der Waals surface area contributed by atoms with Gasteiger partial charge in [-0.05, 0) is 42.7 Å². The summed E-state index contributed by atoms with van der Waals surface area (Å²) in [6, 6.07) is 12.7. The number of benzene rings is 2. The van der Waals surface area contributed by atoms with Crippen molar-refractivity contribution in [1.82, 2.24) is 24.5 Å². The van der Waals surface area contributed by atoms with Crippen LogP contribution in [0, 0.1) is 5.82 Å². The maximum absolute atomic E-state index is 14.2. The second-order valence-corrected chi connectivity index (χ2v) is 6.87. The van der Waals surface area contributed by atoms with E-state index in [1.807, 2.05) is 37.4 Å². The number of rotatable bonds is 5. The third-order valence-corrected chi connectivity index (χ3v) is 4.95. The minimum Gasteiger partial charge on any atom is -0.368 e. The van der Waals surface area contributed by atoms with Crippen LogP contribution in [0.5, 0.6) is 0 Å². The molecule has 7 nitrogen and oxygen atoms in total. The first-order valence-electron chi connectivity index (χ1n) is 8.68. The Morgan fingerprint density at radius 3 is 2.57 bits per heavy atom. The molecule has 4 aromatic rings. The van der Waals surface area contributed by atoms with E-state index in [-0.39, 0.29) is 17.3 Å². The Bertz CT molecular complexity index is 1140. The van der Waals surface area contributed by atoms with Crippen LogP contribution in [-0.4, -0.2) is 30.8 Å². The lowest BCUT2D eigenvalue weighted by Gasteiger charge is -2.10. The van der Waals surface area contributed by atoms with Crippen LogP contribution >= 0.6 is 11.8 Å². The molecule has 0 saturated carbocycles. The van der Waals surface area contributed by atoms with Crippen LogP contribution < -0.4 is 11.1 Å². The minimum atomic E-state index is -0.389. The van der Waals surface area contributed by atoms with Crippen LogP contribution in [0.4, 0.5) is 22.0 Å². The van der Waals surface area contributed by atoms with Crippen molar-refractivity contribution in [3.63, 3.8) is 0 Å². The highest BCUT2D eigenvalue weighted by atomic mass is 32.2. The Kier molecular flexibility index (Phi) is 4.82. The number of nitrogens with two attached hydrogens (primary N) is 1. The molecule has 0 aliphatic carbocycles. The number of fused-ring (bicyclic) bond motifs is 1. The molecule has 0 aliphatic heterocycles. The quantitative estimate of drug-likeness (QED) is 0.494. The normalized spacial score (nSPS) is 11.1. The van der Waals surface area contributed by atoms with E-state index in [0.717, 1.165) is 10.6 Å².